The van der Waals surface area contributed by atoms with Crippen molar-refractivity contribution < 1.29 is 19.7 Å². The Hall–Kier alpha value is -3.44. The molecular weight excluding hydrogens is 454 g/mol. The minimum absolute atomic E-state index is 0.361. The van der Waals surface area contributed by atoms with Crippen LogP contribution in [0.2, 0.25) is 0 Å². The van der Waals surface area contributed by atoms with E-state index in [9.17, 15) is 15.5 Å². The van der Waals surface area contributed by atoms with Gasteiger partial charge in [0.2, 0.25) is 0 Å². The van der Waals surface area contributed by atoms with Crippen LogP contribution >= 0.6 is 0 Å². The quantitative estimate of drug-likeness (QED) is 0.528. The molecule has 2 heterocycles. The first-order chi connectivity index (χ1) is 17.5. The molecule has 36 heavy (non-hydrogen) atoms. The number of aliphatic hydroxyl groups is 2. The van der Waals surface area contributed by atoms with Crippen molar-refractivity contribution in [2.75, 3.05) is 26.7 Å². The Balaban J connectivity index is 1.83. The molecule has 1 aliphatic carbocycles. The number of methoxy groups -OCH3 is 1. The third-order valence-corrected chi connectivity index (χ3v) is 7.98. The lowest BCUT2D eigenvalue weighted by Gasteiger charge is -2.41. The maximum absolute atomic E-state index is 12.8. The van der Waals surface area contributed by atoms with Gasteiger partial charge in [-0.25, -0.2) is 0 Å². The summed E-state index contributed by atoms with van der Waals surface area (Å²) in [6, 6.07) is 19.1. The molecule has 186 valence electrons. The number of nitrogens with zero attached hydrogens (tertiary/aromatic N) is 3. The molecule has 1 aromatic heterocycles. The van der Waals surface area contributed by atoms with Crippen molar-refractivity contribution in [3.05, 3.63) is 89.2 Å². The average molecular weight is 486 g/mol. The normalized spacial score (nSPS) is 28.3. The van der Waals surface area contributed by atoms with E-state index in [1.165, 1.54) is 13.3 Å². The number of rotatable bonds is 7. The highest BCUT2D eigenvalue weighted by Crippen LogP contribution is 2.69. The van der Waals surface area contributed by atoms with Crippen LogP contribution in [-0.2, 0) is 11.2 Å². The lowest BCUT2D eigenvalue weighted by molar-refractivity contribution is -0.152. The van der Waals surface area contributed by atoms with Crippen LogP contribution in [-0.4, -0.2) is 52.9 Å². The summed E-state index contributed by atoms with van der Waals surface area (Å²) in [6.45, 7) is 6.38. The van der Waals surface area contributed by atoms with Crippen LogP contribution in [0.1, 0.15) is 42.0 Å². The van der Waals surface area contributed by atoms with Gasteiger partial charge in [-0.2, -0.15) is 5.26 Å². The van der Waals surface area contributed by atoms with Crippen LogP contribution < -0.4 is 9.47 Å². The SMILES string of the molecule is CCN(CC)C[C@@H]1C(c2ccccc2)[C@]2(c3ccc(C#N)cc3)Oc3cncc(OC)c3[C@]2(O)[C@@H]1O. The molecule has 2 aromatic carbocycles. The summed E-state index contributed by atoms with van der Waals surface area (Å²) >= 11 is 0. The fraction of sp³-hybridized carbons (Fsp3) is 0.379. The van der Waals surface area contributed by atoms with Crippen molar-refractivity contribution in [3.8, 4) is 17.6 Å². The summed E-state index contributed by atoms with van der Waals surface area (Å²) in [5.74, 6) is -0.0364. The molecule has 1 aliphatic heterocycles. The van der Waals surface area contributed by atoms with E-state index in [2.05, 4.69) is 29.8 Å². The largest absolute Gasteiger partial charge is 0.495 e. The highest BCUT2D eigenvalue weighted by molar-refractivity contribution is 5.59. The van der Waals surface area contributed by atoms with Gasteiger partial charge in [0.25, 0.3) is 0 Å². The molecule has 1 unspecified atom stereocenters. The zero-order valence-electron chi connectivity index (χ0n) is 20.8. The lowest BCUT2D eigenvalue weighted by Crippen LogP contribution is -2.52. The first-order valence-electron chi connectivity index (χ1n) is 12.4. The topological polar surface area (TPSA) is 98.8 Å². The number of hydrogen-bond acceptors (Lipinski definition) is 7. The number of nitriles is 1. The summed E-state index contributed by atoms with van der Waals surface area (Å²) in [5.41, 5.74) is -0.671. The van der Waals surface area contributed by atoms with Crippen molar-refractivity contribution >= 4 is 0 Å². The van der Waals surface area contributed by atoms with Gasteiger partial charge in [0.1, 0.15) is 11.5 Å². The summed E-state index contributed by atoms with van der Waals surface area (Å²) in [4.78, 5) is 6.52. The monoisotopic (exact) mass is 485 g/mol. The number of aromatic nitrogens is 1. The lowest BCUT2D eigenvalue weighted by atomic mass is 9.70. The second kappa shape index (κ2) is 9.21. The summed E-state index contributed by atoms with van der Waals surface area (Å²) in [7, 11) is 1.52. The molecule has 7 heteroatoms. The first kappa shape index (κ1) is 24.3. The third-order valence-electron chi connectivity index (χ3n) is 7.98. The molecule has 5 atom stereocenters. The first-order valence-corrected chi connectivity index (χ1v) is 12.4. The fourth-order valence-corrected chi connectivity index (χ4v) is 6.31. The van der Waals surface area contributed by atoms with E-state index in [0.29, 0.717) is 34.7 Å². The molecule has 0 amide bonds. The summed E-state index contributed by atoms with van der Waals surface area (Å²) in [6.07, 6.45) is 1.93. The van der Waals surface area contributed by atoms with E-state index in [1.807, 2.05) is 42.5 Å². The van der Waals surface area contributed by atoms with E-state index in [4.69, 9.17) is 9.47 Å². The van der Waals surface area contributed by atoms with E-state index in [1.54, 1.807) is 18.3 Å². The van der Waals surface area contributed by atoms with Crippen molar-refractivity contribution in [1.29, 1.82) is 5.26 Å². The van der Waals surface area contributed by atoms with Gasteiger partial charge in [-0.1, -0.05) is 56.3 Å². The van der Waals surface area contributed by atoms with Gasteiger partial charge in [-0.15, -0.1) is 0 Å². The van der Waals surface area contributed by atoms with Crippen LogP contribution in [0.15, 0.2) is 67.0 Å². The predicted molar refractivity (Wildman–Crippen MR) is 135 cm³/mol. The van der Waals surface area contributed by atoms with E-state index < -0.39 is 23.2 Å². The molecule has 1 saturated carbocycles. The second-order valence-electron chi connectivity index (χ2n) is 9.49. The molecule has 0 saturated heterocycles. The van der Waals surface area contributed by atoms with Gasteiger partial charge < -0.3 is 24.6 Å². The fourth-order valence-electron chi connectivity index (χ4n) is 6.31. The Morgan fingerprint density at radius 3 is 2.39 bits per heavy atom. The Morgan fingerprint density at radius 2 is 1.78 bits per heavy atom. The Labute approximate surface area is 211 Å². The maximum atomic E-state index is 12.8. The highest BCUT2D eigenvalue weighted by Gasteiger charge is 2.76. The number of pyridine rings is 1. The van der Waals surface area contributed by atoms with E-state index >= 15 is 0 Å². The highest BCUT2D eigenvalue weighted by atomic mass is 16.5. The zero-order chi connectivity index (χ0) is 25.5. The van der Waals surface area contributed by atoms with Crippen molar-refractivity contribution in [2.24, 2.45) is 5.92 Å². The van der Waals surface area contributed by atoms with Gasteiger partial charge in [-0.05, 0) is 36.3 Å². The smallest absolute Gasteiger partial charge is 0.177 e. The Kier molecular flexibility index (Phi) is 6.21. The Morgan fingerprint density at radius 1 is 1.08 bits per heavy atom. The zero-order valence-corrected chi connectivity index (χ0v) is 20.8. The molecule has 5 rings (SSSR count). The van der Waals surface area contributed by atoms with Gasteiger partial charge in [-0.3, -0.25) is 4.98 Å². The number of fused-ring (bicyclic) bond motifs is 3. The number of ether oxygens (including phenoxy) is 2. The molecule has 2 aliphatic rings. The van der Waals surface area contributed by atoms with Crippen LogP contribution in [0.5, 0.6) is 11.5 Å². The van der Waals surface area contributed by atoms with Crippen LogP contribution in [0.3, 0.4) is 0 Å². The van der Waals surface area contributed by atoms with Gasteiger partial charge in [0.05, 0.1) is 42.8 Å². The van der Waals surface area contributed by atoms with Crippen LogP contribution in [0.25, 0.3) is 0 Å². The standard InChI is InChI=1S/C29H31N3O4/c1-4-32(5-2)18-22-25(20-9-7-6-8-10-20)29(21-13-11-19(15-30)12-14-21)28(34,27(22)33)26-23(35-3)16-31-17-24(26)36-29/h6-14,16-17,22,25,27,33-34H,4-5,18H2,1-3H3/t22-,25?,27-,28+,29+/m1/s1. The molecule has 1 fully saturated rings. The van der Waals surface area contributed by atoms with Crippen molar-refractivity contribution in [1.82, 2.24) is 9.88 Å². The number of benzene rings is 2. The van der Waals surface area contributed by atoms with Crippen LogP contribution in [0, 0.1) is 17.2 Å². The molecular formula is C29H31N3O4. The second-order valence-corrected chi connectivity index (χ2v) is 9.49. The molecule has 3 aromatic rings. The number of hydrogen-bond donors (Lipinski definition) is 2. The molecule has 0 bridgehead atoms. The van der Waals surface area contributed by atoms with Gasteiger partial charge in [0.15, 0.2) is 11.2 Å². The summed E-state index contributed by atoms with van der Waals surface area (Å²) < 4.78 is 12.4. The van der Waals surface area contributed by atoms with Crippen LogP contribution in [0.4, 0.5) is 0 Å². The summed E-state index contributed by atoms with van der Waals surface area (Å²) in [5, 5.41) is 34.3. The molecule has 7 nitrogen and oxygen atoms in total. The minimum atomic E-state index is -1.83. The van der Waals surface area contributed by atoms with E-state index in [-0.39, 0.29) is 5.92 Å². The van der Waals surface area contributed by atoms with E-state index in [0.717, 1.165) is 18.7 Å². The van der Waals surface area contributed by atoms with Crippen molar-refractivity contribution in [3.63, 3.8) is 0 Å². The molecule has 0 spiro atoms. The predicted octanol–water partition coefficient (Wildman–Crippen LogP) is 3.55. The van der Waals surface area contributed by atoms with Crippen molar-refractivity contribution in [2.45, 2.75) is 37.1 Å². The average Bonchev–Trinajstić information content (AvgIpc) is 3.30. The maximum Gasteiger partial charge on any atom is 0.177 e. The minimum Gasteiger partial charge on any atom is -0.495 e. The van der Waals surface area contributed by atoms with Gasteiger partial charge in [0, 0.05) is 18.4 Å². The molecule has 2 N–H and O–H groups in total. The Bertz CT molecular complexity index is 1270. The third kappa shape index (κ3) is 3.26. The number of aliphatic hydroxyl groups excluding tert-OH is 1. The molecule has 0 radical (unpaired) electrons. The van der Waals surface area contributed by atoms with Gasteiger partial charge >= 0.3 is 0 Å².